The van der Waals surface area contributed by atoms with Crippen molar-refractivity contribution in [3.05, 3.63) is 40.2 Å². The molecule has 0 unspecified atom stereocenters. The third-order valence-electron chi connectivity index (χ3n) is 3.77. The number of hydrogen-bond donors (Lipinski definition) is 1. The fourth-order valence-electron chi connectivity index (χ4n) is 2.75. The topological polar surface area (TPSA) is 82.7 Å². The molecule has 102 valence electrons. The van der Waals surface area contributed by atoms with Crippen LogP contribution in [0, 0.1) is 11.3 Å². The molecule has 5 nitrogen and oxygen atoms in total. The summed E-state index contributed by atoms with van der Waals surface area (Å²) in [5.41, 5.74) is 0.703. The average Bonchev–Trinajstić information content (AvgIpc) is 2.96. The molecule has 5 heteroatoms. The lowest BCUT2D eigenvalue weighted by Gasteiger charge is -2.20. The van der Waals surface area contributed by atoms with Gasteiger partial charge < -0.3 is 9.40 Å². The molecular weight excluding hydrogens is 254 g/mol. The number of nitrogens with one attached hydrogen (secondary N) is 1. The summed E-state index contributed by atoms with van der Waals surface area (Å²) in [6.45, 7) is 0. The molecule has 0 saturated heterocycles. The fourth-order valence-corrected chi connectivity index (χ4v) is 2.75. The molecule has 0 aliphatic heterocycles. The van der Waals surface area contributed by atoms with Gasteiger partial charge in [0.1, 0.15) is 23.3 Å². The SMILES string of the molecule is N#Cc1cnc(-c2cc(C3CCCCC3)oc(=O)c2)[nH]1. The van der Waals surface area contributed by atoms with Crippen molar-refractivity contribution < 1.29 is 4.42 Å². The highest BCUT2D eigenvalue weighted by Crippen LogP contribution is 2.33. The molecule has 0 bridgehead atoms. The van der Waals surface area contributed by atoms with Gasteiger partial charge in [-0.15, -0.1) is 0 Å². The van der Waals surface area contributed by atoms with E-state index in [-0.39, 0.29) is 5.63 Å². The highest BCUT2D eigenvalue weighted by molar-refractivity contribution is 5.55. The van der Waals surface area contributed by atoms with Crippen molar-refractivity contribution in [2.75, 3.05) is 0 Å². The minimum Gasteiger partial charge on any atom is -0.428 e. The van der Waals surface area contributed by atoms with Crippen molar-refractivity contribution in [1.82, 2.24) is 9.97 Å². The highest BCUT2D eigenvalue weighted by Gasteiger charge is 2.19. The third-order valence-corrected chi connectivity index (χ3v) is 3.77. The second-order valence-corrected chi connectivity index (χ2v) is 5.16. The first-order chi connectivity index (χ1) is 9.76. The van der Waals surface area contributed by atoms with Gasteiger partial charge in [-0.25, -0.2) is 9.78 Å². The lowest BCUT2D eigenvalue weighted by Crippen LogP contribution is -2.09. The molecule has 0 amide bonds. The number of nitrogens with zero attached hydrogens (tertiary/aromatic N) is 2. The normalized spacial score (nSPS) is 15.9. The Hall–Kier alpha value is -2.35. The molecule has 1 fully saturated rings. The molecule has 0 atom stereocenters. The average molecular weight is 269 g/mol. The summed E-state index contributed by atoms with van der Waals surface area (Å²) in [7, 11) is 0. The number of aromatic amines is 1. The Morgan fingerprint density at radius 1 is 1.30 bits per heavy atom. The number of aromatic nitrogens is 2. The van der Waals surface area contributed by atoms with Gasteiger partial charge in [0.05, 0.1) is 6.20 Å². The highest BCUT2D eigenvalue weighted by atomic mass is 16.4. The van der Waals surface area contributed by atoms with Crippen molar-refractivity contribution in [3.63, 3.8) is 0 Å². The van der Waals surface area contributed by atoms with Crippen LogP contribution < -0.4 is 5.63 Å². The molecule has 2 heterocycles. The summed E-state index contributed by atoms with van der Waals surface area (Å²) in [5, 5.41) is 8.81. The molecule has 2 aromatic heterocycles. The van der Waals surface area contributed by atoms with E-state index in [1.807, 2.05) is 12.1 Å². The summed E-state index contributed by atoms with van der Waals surface area (Å²) in [5.74, 6) is 1.59. The number of H-pyrrole nitrogens is 1. The minimum absolute atomic E-state index is 0.321. The molecule has 2 aromatic rings. The molecule has 3 rings (SSSR count). The van der Waals surface area contributed by atoms with Crippen LogP contribution in [0.15, 0.2) is 27.5 Å². The predicted octanol–water partition coefficient (Wildman–Crippen LogP) is 2.95. The van der Waals surface area contributed by atoms with E-state index >= 15 is 0 Å². The smallest absolute Gasteiger partial charge is 0.336 e. The first kappa shape index (κ1) is 12.7. The van der Waals surface area contributed by atoms with Crippen LogP contribution in [0.2, 0.25) is 0 Å². The zero-order valence-electron chi connectivity index (χ0n) is 11.1. The van der Waals surface area contributed by atoms with Crippen molar-refractivity contribution in [3.8, 4) is 17.5 Å². The van der Waals surface area contributed by atoms with E-state index in [2.05, 4.69) is 9.97 Å². The zero-order valence-corrected chi connectivity index (χ0v) is 11.1. The quantitative estimate of drug-likeness (QED) is 0.908. The fraction of sp³-hybridized carbons (Fsp3) is 0.400. The van der Waals surface area contributed by atoms with E-state index in [1.165, 1.54) is 31.5 Å². The van der Waals surface area contributed by atoms with E-state index < -0.39 is 0 Å². The second-order valence-electron chi connectivity index (χ2n) is 5.16. The number of nitriles is 1. The molecular formula is C15H15N3O2. The van der Waals surface area contributed by atoms with E-state index in [4.69, 9.17) is 9.68 Å². The Balaban J connectivity index is 1.97. The van der Waals surface area contributed by atoms with Crippen LogP contribution in [0.4, 0.5) is 0 Å². The number of hydrogen-bond acceptors (Lipinski definition) is 4. The Labute approximate surface area is 116 Å². The van der Waals surface area contributed by atoms with Gasteiger partial charge in [-0.05, 0) is 18.9 Å². The van der Waals surface area contributed by atoms with Crippen LogP contribution in [-0.4, -0.2) is 9.97 Å². The van der Waals surface area contributed by atoms with Crippen molar-refractivity contribution >= 4 is 0 Å². The van der Waals surface area contributed by atoms with Crippen LogP contribution in [0.3, 0.4) is 0 Å². The van der Waals surface area contributed by atoms with Gasteiger partial charge in [0, 0.05) is 17.5 Å². The zero-order chi connectivity index (χ0) is 13.9. The Morgan fingerprint density at radius 2 is 2.10 bits per heavy atom. The molecule has 0 radical (unpaired) electrons. The van der Waals surface area contributed by atoms with Gasteiger partial charge in [-0.3, -0.25) is 0 Å². The first-order valence-corrected chi connectivity index (χ1v) is 6.87. The van der Waals surface area contributed by atoms with Gasteiger partial charge >= 0.3 is 5.63 Å². The largest absolute Gasteiger partial charge is 0.428 e. The van der Waals surface area contributed by atoms with E-state index in [1.54, 1.807) is 0 Å². The van der Waals surface area contributed by atoms with Crippen molar-refractivity contribution in [2.24, 2.45) is 0 Å². The standard InChI is InChI=1S/C15H15N3O2/c16-8-12-9-17-15(18-12)11-6-13(20-14(19)7-11)10-4-2-1-3-5-10/h6-7,9-10H,1-5H2,(H,17,18). The lowest BCUT2D eigenvalue weighted by molar-refractivity contribution is 0.355. The Bertz CT molecular complexity index is 702. The van der Waals surface area contributed by atoms with Gasteiger partial charge in [0.15, 0.2) is 0 Å². The van der Waals surface area contributed by atoms with Crippen LogP contribution in [-0.2, 0) is 0 Å². The van der Waals surface area contributed by atoms with Gasteiger partial charge in [-0.1, -0.05) is 19.3 Å². The summed E-state index contributed by atoms with van der Waals surface area (Å²) < 4.78 is 5.35. The van der Waals surface area contributed by atoms with Crippen molar-refractivity contribution in [2.45, 2.75) is 38.0 Å². The van der Waals surface area contributed by atoms with E-state index in [9.17, 15) is 4.79 Å². The monoisotopic (exact) mass is 269 g/mol. The van der Waals surface area contributed by atoms with Crippen LogP contribution in [0.25, 0.3) is 11.4 Å². The van der Waals surface area contributed by atoms with Gasteiger partial charge in [0.25, 0.3) is 0 Å². The summed E-state index contributed by atoms with van der Waals surface area (Å²) in [4.78, 5) is 18.7. The van der Waals surface area contributed by atoms with E-state index in [0.29, 0.717) is 23.0 Å². The van der Waals surface area contributed by atoms with Crippen LogP contribution in [0.1, 0.15) is 49.5 Å². The molecule has 0 aromatic carbocycles. The van der Waals surface area contributed by atoms with Crippen molar-refractivity contribution in [1.29, 1.82) is 5.26 Å². The maximum absolute atomic E-state index is 11.7. The molecule has 1 saturated carbocycles. The molecule has 0 spiro atoms. The third kappa shape index (κ3) is 2.50. The summed E-state index contributed by atoms with van der Waals surface area (Å²) in [6, 6.07) is 5.27. The predicted molar refractivity (Wildman–Crippen MR) is 73.1 cm³/mol. The maximum atomic E-state index is 11.7. The first-order valence-electron chi connectivity index (χ1n) is 6.87. The Morgan fingerprint density at radius 3 is 2.80 bits per heavy atom. The molecule has 1 N–H and O–H groups in total. The van der Waals surface area contributed by atoms with Crippen LogP contribution in [0.5, 0.6) is 0 Å². The van der Waals surface area contributed by atoms with E-state index in [0.717, 1.165) is 18.6 Å². The molecule has 1 aliphatic rings. The maximum Gasteiger partial charge on any atom is 0.336 e. The Kier molecular flexibility index (Phi) is 3.38. The minimum atomic E-state index is -0.363. The molecule has 20 heavy (non-hydrogen) atoms. The summed E-state index contributed by atoms with van der Waals surface area (Å²) in [6.07, 6.45) is 7.20. The summed E-state index contributed by atoms with van der Waals surface area (Å²) >= 11 is 0. The van der Waals surface area contributed by atoms with Gasteiger partial charge in [0.2, 0.25) is 0 Å². The molecule has 1 aliphatic carbocycles. The number of imidazole rings is 1. The van der Waals surface area contributed by atoms with Gasteiger partial charge in [-0.2, -0.15) is 5.26 Å². The van der Waals surface area contributed by atoms with Crippen LogP contribution >= 0.6 is 0 Å². The second kappa shape index (κ2) is 5.33. The lowest BCUT2D eigenvalue weighted by atomic mass is 9.87. The number of rotatable bonds is 2.